The molecule has 0 saturated carbocycles. The van der Waals surface area contributed by atoms with E-state index in [1.54, 1.807) is 0 Å². The van der Waals surface area contributed by atoms with Crippen LogP contribution in [0.25, 0.3) is 11.0 Å². The van der Waals surface area contributed by atoms with Gasteiger partial charge in [0.05, 0.1) is 24.2 Å². The quantitative estimate of drug-likeness (QED) is 0.851. The number of nitrogens with one attached hydrogen (secondary N) is 1. The van der Waals surface area contributed by atoms with Crippen molar-refractivity contribution >= 4 is 28.5 Å². The second kappa shape index (κ2) is 8.17. The standard InChI is InChI=1S/C18H25ClN4O2/c1-13(12-23-7-9-25-10-8-23)20-18(24)6-5-17-21-15-11-14(19)3-4-16(15)22(17)2/h3-4,11,13H,5-10,12H2,1-2H3,(H,20,24)/t13-/m1/s1. The van der Waals surface area contributed by atoms with Crippen LogP contribution in [0.15, 0.2) is 18.2 Å². The van der Waals surface area contributed by atoms with E-state index in [1.165, 1.54) is 0 Å². The Labute approximate surface area is 153 Å². The molecular formula is C18H25ClN4O2. The summed E-state index contributed by atoms with van der Waals surface area (Å²) in [6, 6.07) is 5.80. The lowest BCUT2D eigenvalue weighted by Crippen LogP contribution is -2.46. The third-order valence-corrected chi connectivity index (χ3v) is 4.79. The molecule has 7 heteroatoms. The summed E-state index contributed by atoms with van der Waals surface area (Å²) in [5.41, 5.74) is 1.89. The zero-order valence-corrected chi connectivity index (χ0v) is 15.6. The smallest absolute Gasteiger partial charge is 0.220 e. The van der Waals surface area contributed by atoms with E-state index < -0.39 is 0 Å². The first-order valence-corrected chi connectivity index (χ1v) is 9.11. The lowest BCUT2D eigenvalue weighted by Gasteiger charge is -2.29. The molecule has 0 spiro atoms. The van der Waals surface area contributed by atoms with E-state index in [2.05, 4.69) is 15.2 Å². The molecule has 1 fully saturated rings. The number of benzene rings is 1. The third-order valence-electron chi connectivity index (χ3n) is 4.55. The maximum absolute atomic E-state index is 12.2. The van der Waals surface area contributed by atoms with Crippen molar-refractivity contribution in [1.82, 2.24) is 19.8 Å². The Kier molecular flexibility index (Phi) is 5.93. The number of hydrogen-bond acceptors (Lipinski definition) is 4. The van der Waals surface area contributed by atoms with Gasteiger partial charge in [-0.1, -0.05) is 11.6 Å². The largest absolute Gasteiger partial charge is 0.379 e. The second-order valence-electron chi connectivity index (χ2n) is 6.60. The van der Waals surface area contributed by atoms with Crippen molar-refractivity contribution in [2.75, 3.05) is 32.8 Å². The fourth-order valence-electron chi connectivity index (χ4n) is 3.24. The molecule has 6 nitrogen and oxygen atoms in total. The van der Waals surface area contributed by atoms with Gasteiger partial charge in [0.2, 0.25) is 5.91 Å². The first-order valence-electron chi connectivity index (χ1n) is 8.73. The van der Waals surface area contributed by atoms with Crippen LogP contribution >= 0.6 is 11.6 Å². The molecule has 0 aliphatic carbocycles. The summed E-state index contributed by atoms with van der Waals surface area (Å²) < 4.78 is 7.37. The van der Waals surface area contributed by atoms with Gasteiger partial charge in [0, 0.05) is 50.6 Å². The van der Waals surface area contributed by atoms with Crippen LogP contribution in [0.4, 0.5) is 0 Å². The van der Waals surface area contributed by atoms with Gasteiger partial charge in [-0.3, -0.25) is 9.69 Å². The van der Waals surface area contributed by atoms with Gasteiger partial charge in [0.25, 0.3) is 0 Å². The highest BCUT2D eigenvalue weighted by molar-refractivity contribution is 6.31. The predicted molar refractivity (Wildman–Crippen MR) is 98.9 cm³/mol. The molecule has 136 valence electrons. The van der Waals surface area contributed by atoms with E-state index >= 15 is 0 Å². The number of nitrogens with zero attached hydrogens (tertiary/aromatic N) is 3. The van der Waals surface area contributed by atoms with E-state index in [0.29, 0.717) is 17.9 Å². The molecule has 0 unspecified atom stereocenters. The number of ether oxygens (including phenoxy) is 1. The first kappa shape index (κ1) is 18.2. The molecule has 1 atom stereocenters. The Morgan fingerprint density at radius 1 is 1.40 bits per heavy atom. The van der Waals surface area contributed by atoms with Crippen molar-refractivity contribution in [3.05, 3.63) is 29.0 Å². The molecule has 25 heavy (non-hydrogen) atoms. The lowest BCUT2D eigenvalue weighted by molar-refractivity contribution is -0.121. The van der Waals surface area contributed by atoms with Crippen molar-refractivity contribution < 1.29 is 9.53 Å². The third kappa shape index (κ3) is 4.71. The van der Waals surface area contributed by atoms with E-state index in [1.807, 2.05) is 36.7 Å². The Morgan fingerprint density at radius 2 is 2.16 bits per heavy atom. The Hall–Kier alpha value is -1.63. The van der Waals surface area contributed by atoms with E-state index in [4.69, 9.17) is 16.3 Å². The summed E-state index contributed by atoms with van der Waals surface area (Å²) in [5.74, 6) is 0.957. The van der Waals surface area contributed by atoms with Crippen molar-refractivity contribution in [3.8, 4) is 0 Å². The molecule has 1 saturated heterocycles. The molecular weight excluding hydrogens is 340 g/mol. The lowest BCUT2D eigenvalue weighted by atomic mass is 10.2. The maximum Gasteiger partial charge on any atom is 0.220 e. The number of rotatable bonds is 6. The molecule has 1 amide bonds. The van der Waals surface area contributed by atoms with Crippen LogP contribution in [0.3, 0.4) is 0 Å². The molecule has 1 aromatic carbocycles. The highest BCUT2D eigenvalue weighted by Crippen LogP contribution is 2.20. The number of morpholine rings is 1. The predicted octanol–water partition coefficient (Wildman–Crippen LogP) is 2.00. The topological polar surface area (TPSA) is 59.4 Å². The van der Waals surface area contributed by atoms with Crippen LogP contribution in [0.2, 0.25) is 5.02 Å². The van der Waals surface area contributed by atoms with E-state index in [9.17, 15) is 4.79 Å². The minimum absolute atomic E-state index is 0.0610. The van der Waals surface area contributed by atoms with Crippen LogP contribution in [0.5, 0.6) is 0 Å². The monoisotopic (exact) mass is 364 g/mol. The van der Waals surface area contributed by atoms with Crippen molar-refractivity contribution in [2.24, 2.45) is 7.05 Å². The van der Waals surface area contributed by atoms with Gasteiger partial charge in [-0.05, 0) is 25.1 Å². The molecule has 1 aliphatic rings. The average Bonchev–Trinajstić information content (AvgIpc) is 2.89. The summed E-state index contributed by atoms with van der Waals surface area (Å²) in [4.78, 5) is 19.2. The Bertz CT molecular complexity index is 740. The van der Waals surface area contributed by atoms with E-state index in [-0.39, 0.29) is 11.9 Å². The number of carbonyl (C=O) groups excluding carboxylic acids is 1. The number of aryl methyl sites for hydroxylation is 2. The highest BCUT2D eigenvalue weighted by atomic mass is 35.5. The fraction of sp³-hybridized carbons (Fsp3) is 0.556. The number of halogens is 1. The maximum atomic E-state index is 12.2. The average molecular weight is 365 g/mol. The molecule has 3 rings (SSSR count). The number of hydrogen-bond donors (Lipinski definition) is 1. The molecule has 1 N–H and O–H groups in total. The number of aromatic nitrogens is 2. The van der Waals surface area contributed by atoms with Gasteiger partial charge in [-0.15, -0.1) is 0 Å². The van der Waals surface area contributed by atoms with E-state index in [0.717, 1.165) is 49.7 Å². The molecule has 0 radical (unpaired) electrons. The summed E-state index contributed by atoms with van der Waals surface area (Å²) in [7, 11) is 1.97. The Morgan fingerprint density at radius 3 is 2.92 bits per heavy atom. The van der Waals surface area contributed by atoms with Gasteiger partial charge in [-0.2, -0.15) is 0 Å². The molecule has 0 bridgehead atoms. The zero-order valence-electron chi connectivity index (χ0n) is 14.8. The summed E-state index contributed by atoms with van der Waals surface area (Å²) in [5, 5.41) is 3.75. The first-order chi connectivity index (χ1) is 12.0. The van der Waals surface area contributed by atoms with Gasteiger partial charge in [0.15, 0.2) is 0 Å². The van der Waals surface area contributed by atoms with Gasteiger partial charge in [0.1, 0.15) is 5.82 Å². The molecule has 2 aromatic rings. The minimum atomic E-state index is 0.0610. The van der Waals surface area contributed by atoms with Crippen molar-refractivity contribution in [2.45, 2.75) is 25.8 Å². The van der Waals surface area contributed by atoms with Crippen LogP contribution in [-0.4, -0.2) is 59.2 Å². The SMILES string of the molecule is C[C@H](CN1CCOCC1)NC(=O)CCc1nc2cc(Cl)ccc2n1C. The minimum Gasteiger partial charge on any atom is -0.379 e. The second-order valence-corrected chi connectivity index (χ2v) is 7.04. The van der Waals surface area contributed by atoms with Crippen molar-refractivity contribution in [3.63, 3.8) is 0 Å². The summed E-state index contributed by atoms with van der Waals surface area (Å²) in [6.07, 6.45) is 1.04. The number of carbonyl (C=O) groups is 1. The van der Waals surface area contributed by atoms with Crippen LogP contribution in [0, 0.1) is 0 Å². The molecule has 2 heterocycles. The van der Waals surface area contributed by atoms with Crippen LogP contribution < -0.4 is 5.32 Å². The number of amides is 1. The van der Waals surface area contributed by atoms with Gasteiger partial charge >= 0.3 is 0 Å². The summed E-state index contributed by atoms with van der Waals surface area (Å²) in [6.45, 7) is 6.32. The molecule has 1 aromatic heterocycles. The normalized spacial score (nSPS) is 16.9. The highest BCUT2D eigenvalue weighted by Gasteiger charge is 2.16. The number of imidazole rings is 1. The van der Waals surface area contributed by atoms with Gasteiger partial charge in [-0.25, -0.2) is 4.98 Å². The fourth-order valence-corrected chi connectivity index (χ4v) is 3.40. The Balaban J connectivity index is 1.51. The van der Waals surface area contributed by atoms with Crippen LogP contribution in [0.1, 0.15) is 19.2 Å². The van der Waals surface area contributed by atoms with Crippen LogP contribution in [-0.2, 0) is 23.0 Å². The zero-order chi connectivity index (χ0) is 17.8. The van der Waals surface area contributed by atoms with Gasteiger partial charge < -0.3 is 14.6 Å². The molecule has 1 aliphatic heterocycles. The summed E-state index contributed by atoms with van der Waals surface area (Å²) >= 11 is 6.02. The van der Waals surface area contributed by atoms with Crippen molar-refractivity contribution in [1.29, 1.82) is 0 Å². The number of fused-ring (bicyclic) bond motifs is 1.